The standard InChI is InChI=1S/C18H23N3O5/c1-13-7-4-5-8-14(13)20-18(23)21(9-6-10-24-2)11-16-19-15(12-26-16)17(22)25-3/h4-5,7-8,12H,6,9-11H2,1-3H3,(H,20,23). The highest BCUT2D eigenvalue weighted by Gasteiger charge is 2.19. The predicted octanol–water partition coefficient (Wildman–Crippen LogP) is 2.84. The molecule has 0 bridgehead atoms. The summed E-state index contributed by atoms with van der Waals surface area (Å²) in [5.41, 5.74) is 1.76. The average Bonchev–Trinajstić information content (AvgIpc) is 3.11. The number of rotatable bonds is 8. The first-order valence-electron chi connectivity index (χ1n) is 8.18. The van der Waals surface area contributed by atoms with Gasteiger partial charge in [0.25, 0.3) is 0 Å². The van der Waals surface area contributed by atoms with E-state index in [0.717, 1.165) is 11.3 Å². The molecule has 2 aromatic rings. The number of methoxy groups -OCH3 is 2. The van der Waals surface area contributed by atoms with Crippen LogP contribution in [0.1, 0.15) is 28.4 Å². The molecule has 0 atom stereocenters. The second-order valence-corrected chi connectivity index (χ2v) is 5.63. The summed E-state index contributed by atoms with van der Waals surface area (Å²) in [5, 5.41) is 2.88. The third kappa shape index (κ3) is 5.32. The smallest absolute Gasteiger partial charge is 0.360 e. The number of ether oxygens (including phenoxy) is 2. The number of hydrogen-bond acceptors (Lipinski definition) is 6. The molecule has 0 saturated carbocycles. The molecular formula is C18H23N3O5. The summed E-state index contributed by atoms with van der Waals surface area (Å²) in [4.78, 5) is 29.8. The average molecular weight is 361 g/mol. The molecule has 0 saturated heterocycles. The van der Waals surface area contributed by atoms with Gasteiger partial charge in [-0.25, -0.2) is 14.6 Å². The molecule has 0 unspecified atom stereocenters. The molecule has 8 heteroatoms. The van der Waals surface area contributed by atoms with Crippen molar-refractivity contribution in [2.24, 2.45) is 0 Å². The monoisotopic (exact) mass is 361 g/mol. The van der Waals surface area contributed by atoms with E-state index < -0.39 is 5.97 Å². The van der Waals surface area contributed by atoms with Gasteiger partial charge < -0.3 is 24.1 Å². The Morgan fingerprint density at radius 1 is 1.27 bits per heavy atom. The molecule has 1 N–H and O–H groups in total. The minimum absolute atomic E-state index is 0.0682. The Morgan fingerprint density at radius 3 is 2.73 bits per heavy atom. The molecule has 0 aliphatic heterocycles. The van der Waals surface area contributed by atoms with Crippen molar-refractivity contribution >= 4 is 17.7 Å². The second-order valence-electron chi connectivity index (χ2n) is 5.63. The van der Waals surface area contributed by atoms with Crippen molar-refractivity contribution in [3.05, 3.63) is 47.7 Å². The number of nitrogens with one attached hydrogen (secondary N) is 1. The molecule has 2 rings (SSSR count). The van der Waals surface area contributed by atoms with Crippen molar-refractivity contribution in [3.63, 3.8) is 0 Å². The Hall–Kier alpha value is -2.87. The molecule has 8 nitrogen and oxygen atoms in total. The molecule has 0 radical (unpaired) electrons. The zero-order chi connectivity index (χ0) is 18.9. The number of esters is 1. The first kappa shape index (κ1) is 19.5. The number of hydrogen-bond donors (Lipinski definition) is 1. The number of urea groups is 1. The molecule has 1 heterocycles. The van der Waals surface area contributed by atoms with Gasteiger partial charge in [-0.05, 0) is 25.0 Å². The SMILES string of the molecule is COCCCN(Cc1nc(C(=O)OC)co1)C(=O)Nc1ccccc1C. The lowest BCUT2D eigenvalue weighted by Crippen LogP contribution is -2.36. The number of carbonyl (C=O) groups is 2. The fourth-order valence-corrected chi connectivity index (χ4v) is 2.30. The van der Waals surface area contributed by atoms with Crippen LogP contribution in [-0.2, 0) is 16.0 Å². The van der Waals surface area contributed by atoms with Crippen LogP contribution in [0.5, 0.6) is 0 Å². The molecule has 26 heavy (non-hydrogen) atoms. The van der Waals surface area contributed by atoms with E-state index >= 15 is 0 Å². The van der Waals surface area contributed by atoms with Gasteiger partial charge in [-0.15, -0.1) is 0 Å². The highest BCUT2D eigenvalue weighted by Crippen LogP contribution is 2.15. The quantitative estimate of drug-likeness (QED) is 0.574. The van der Waals surface area contributed by atoms with E-state index in [4.69, 9.17) is 9.15 Å². The van der Waals surface area contributed by atoms with Gasteiger partial charge in [0.1, 0.15) is 6.26 Å². The van der Waals surface area contributed by atoms with Crippen molar-refractivity contribution in [2.75, 3.05) is 32.7 Å². The van der Waals surface area contributed by atoms with E-state index in [0.29, 0.717) is 19.6 Å². The van der Waals surface area contributed by atoms with E-state index in [1.54, 1.807) is 12.0 Å². The number of benzene rings is 1. The van der Waals surface area contributed by atoms with Gasteiger partial charge in [-0.3, -0.25) is 0 Å². The van der Waals surface area contributed by atoms with E-state index in [1.165, 1.54) is 13.4 Å². The molecule has 1 aromatic heterocycles. The number of carbonyl (C=O) groups excluding carboxylic acids is 2. The first-order valence-corrected chi connectivity index (χ1v) is 8.18. The van der Waals surface area contributed by atoms with Crippen LogP contribution < -0.4 is 5.32 Å². The molecule has 140 valence electrons. The van der Waals surface area contributed by atoms with Crippen molar-refractivity contribution in [3.8, 4) is 0 Å². The van der Waals surface area contributed by atoms with Crippen molar-refractivity contribution in [1.82, 2.24) is 9.88 Å². The zero-order valence-electron chi connectivity index (χ0n) is 15.2. The molecule has 1 aromatic carbocycles. The van der Waals surface area contributed by atoms with Gasteiger partial charge in [0, 0.05) is 25.9 Å². The van der Waals surface area contributed by atoms with Crippen molar-refractivity contribution in [1.29, 1.82) is 0 Å². The Labute approximate surface area is 152 Å². The minimum Gasteiger partial charge on any atom is -0.464 e. The van der Waals surface area contributed by atoms with Crippen molar-refractivity contribution in [2.45, 2.75) is 19.9 Å². The van der Waals surface area contributed by atoms with Gasteiger partial charge in [-0.2, -0.15) is 0 Å². The van der Waals surface area contributed by atoms with Crippen molar-refractivity contribution < 1.29 is 23.5 Å². The topological polar surface area (TPSA) is 93.9 Å². The van der Waals surface area contributed by atoms with Crippen LogP contribution in [0, 0.1) is 6.92 Å². The van der Waals surface area contributed by atoms with Crippen LogP contribution in [0.15, 0.2) is 34.9 Å². The summed E-state index contributed by atoms with van der Waals surface area (Å²) in [6.07, 6.45) is 1.87. The maximum atomic E-state index is 12.7. The molecule has 0 aliphatic rings. The largest absolute Gasteiger partial charge is 0.464 e. The molecule has 0 aliphatic carbocycles. The lowest BCUT2D eigenvalue weighted by atomic mass is 10.2. The minimum atomic E-state index is -0.588. The zero-order valence-corrected chi connectivity index (χ0v) is 15.2. The van der Waals surface area contributed by atoms with Crippen LogP contribution in [0.4, 0.5) is 10.5 Å². The fraction of sp³-hybridized carbons (Fsp3) is 0.389. The van der Waals surface area contributed by atoms with Gasteiger partial charge in [0.15, 0.2) is 5.69 Å². The van der Waals surface area contributed by atoms with E-state index in [2.05, 4.69) is 15.0 Å². The number of para-hydroxylation sites is 1. The van der Waals surface area contributed by atoms with E-state index in [1.807, 2.05) is 31.2 Å². The van der Waals surface area contributed by atoms with Crippen LogP contribution in [0.25, 0.3) is 0 Å². The number of anilines is 1. The summed E-state index contributed by atoms with van der Waals surface area (Å²) in [5.74, 6) is -0.335. The number of aromatic nitrogens is 1. The second kappa shape index (κ2) is 9.57. The summed E-state index contributed by atoms with van der Waals surface area (Å²) < 4.78 is 14.9. The molecule has 0 spiro atoms. The lowest BCUT2D eigenvalue weighted by molar-refractivity contribution is 0.0594. The Bertz CT molecular complexity index is 744. The van der Waals surface area contributed by atoms with Gasteiger partial charge >= 0.3 is 12.0 Å². The first-order chi connectivity index (χ1) is 12.5. The summed E-state index contributed by atoms with van der Waals surface area (Å²) >= 11 is 0. The lowest BCUT2D eigenvalue weighted by Gasteiger charge is -2.22. The normalized spacial score (nSPS) is 10.4. The van der Waals surface area contributed by atoms with Crippen LogP contribution >= 0.6 is 0 Å². The third-order valence-electron chi connectivity index (χ3n) is 3.72. The van der Waals surface area contributed by atoms with Crippen LogP contribution in [-0.4, -0.2) is 49.3 Å². The van der Waals surface area contributed by atoms with Crippen LogP contribution in [0.3, 0.4) is 0 Å². The number of aryl methyl sites for hydroxylation is 1. The summed E-state index contributed by atoms with van der Waals surface area (Å²) in [6, 6.07) is 7.23. The van der Waals surface area contributed by atoms with Gasteiger partial charge in [0.2, 0.25) is 5.89 Å². The van der Waals surface area contributed by atoms with Gasteiger partial charge in [-0.1, -0.05) is 18.2 Å². The summed E-state index contributed by atoms with van der Waals surface area (Å²) in [7, 11) is 2.87. The fourth-order valence-electron chi connectivity index (χ4n) is 2.30. The van der Waals surface area contributed by atoms with Gasteiger partial charge in [0.05, 0.1) is 13.7 Å². The third-order valence-corrected chi connectivity index (χ3v) is 3.72. The van der Waals surface area contributed by atoms with E-state index in [9.17, 15) is 9.59 Å². The number of nitrogens with zero attached hydrogens (tertiary/aromatic N) is 2. The van der Waals surface area contributed by atoms with Crippen LogP contribution in [0.2, 0.25) is 0 Å². The molecular weight excluding hydrogens is 338 g/mol. The predicted molar refractivity (Wildman–Crippen MR) is 94.9 cm³/mol. The molecule has 2 amide bonds. The molecule has 0 fully saturated rings. The Kier molecular flexibility index (Phi) is 7.16. The van der Waals surface area contributed by atoms with E-state index in [-0.39, 0.29) is 24.2 Å². The maximum absolute atomic E-state index is 12.7. The highest BCUT2D eigenvalue weighted by atomic mass is 16.5. The Morgan fingerprint density at radius 2 is 2.04 bits per heavy atom. The number of oxazole rings is 1. The maximum Gasteiger partial charge on any atom is 0.360 e. The number of amides is 2. The Balaban J connectivity index is 2.09. The summed E-state index contributed by atoms with van der Waals surface area (Å²) in [6.45, 7) is 3.01. The highest BCUT2D eigenvalue weighted by molar-refractivity contribution is 5.90.